The Balaban J connectivity index is 1.76. The van der Waals surface area contributed by atoms with Gasteiger partial charge in [0.1, 0.15) is 0 Å². The summed E-state index contributed by atoms with van der Waals surface area (Å²) in [5.41, 5.74) is 1.57. The fraction of sp³-hybridized carbons (Fsp3) is 0.579. The maximum Gasteiger partial charge on any atom is 0.0345 e. The number of fused-ring (bicyclic) bond motifs is 1. The number of thiophene rings is 1. The summed E-state index contributed by atoms with van der Waals surface area (Å²) >= 11 is 1.91. The topological polar surface area (TPSA) is 12.0 Å². The van der Waals surface area contributed by atoms with E-state index in [0.29, 0.717) is 0 Å². The molecule has 1 aromatic heterocycles. The molecule has 1 heterocycles. The number of benzene rings is 1. The van der Waals surface area contributed by atoms with E-state index in [1.165, 1.54) is 61.6 Å². The average Bonchev–Trinajstić information content (AvgIpc) is 2.78. The highest BCUT2D eigenvalue weighted by Crippen LogP contribution is 2.32. The Morgan fingerprint density at radius 2 is 2.00 bits per heavy atom. The summed E-state index contributed by atoms with van der Waals surface area (Å²) in [5, 5.41) is 7.71. The molecule has 3 rings (SSSR count). The van der Waals surface area contributed by atoms with E-state index < -0.39 is 0 Å². The molecule has 21 heavy (non-hydrogen) atoms. The first-order chi connectivity index (χ1) is 10.4. The number of rotatable bonds is 5. The van der Waals surface area contributed by atoms with Crippen LogP contribution in [0.2, 0.25) is 0 Å². The zero-order chi connectivity index (χ0) is 14.5. The summed E-state index contributed by atoms with van der Waals surface area (Å²) in [5.74, 6) is 0.817. The van der Waals surface area contributed by atoms with Crippen molar-refractivity contribution in [1.82, 2.24) is 5.32 Å². The molecule has 1 aliphatic carbocycles. The molecule has 0 saturated heterocycles. The van der Waals surface area contributed by atoms with Gasteiger partial charge in [0.15, 0.2) is 0 Å². The molecule has 2 atom stereocenters. The zero-order valence-electron chi connectivity index (χ0n) is 13.1. The Kier molecular flexibility index (Phi) is 5.32. The van der Waals surface area contributed by atoms with Crippen LogP contribution in [0.25, 0.3) is 10.1 Å². The Morgan fingerprint density at radius 1 is 1.14 bits per heavy atom. The molecule has 0 spiro atoms. The lowest BCUT2D eigenvalue weighted by atomic mass is 9.88. The highest BCUT2D eigenvalue weighted by molar-refractivity contribution is 7.17. The molecule has 2 unspecified atom stereocenters. The summed E-state index contributed by atoms with van der Waals surface area (Å²) in [6, 6.07) is 9.61. The van der Waals surface area contributed by atoms with Crippen LogP contribution in [0.4, 0.5) is 0 Å². The minimum atomic E-state index is 0.728. The van der Waals surface area contributed by atoms with Gasteiger partial charge in [-0.2, -0.15) is 0 Å². The van der Waals surface area contributed by atoms with Crippen LogP contribution in [0, 0.1) is 5.92 Å². The molecular formula is C19H27NS. The fourth-order valence-corrected chi connectivity index (χ4v) is 4.68. The highest BCUT2D eigenvalue weighted by atomic mass is 32.1. The van der Waals surface area contributed by atoms with Gasteiger partial charge in [0, 0.05) is 10.7 Å². The quantitative estimate of drug-likeness (QED) is 0.730. The van der Waals surface area contributed by atoms with Gasteiger partial charge in [0.05, 0.1) is 0 Å². The largest absolute Gasteiger partial charge is 0.314 e. The van der Waals surface area contributed by atoms with Crippen LogP contribution in [-0.4, -0.2) is 12.6 Å². The lowest BCUT2D eigenvalue weighted by molar-refractivity contribution is 0.333. The second-order valence-electron chi connectivity index (χ2n) is 6.42. The van der Waals surface area contributed by atoms with Crippen molar-refractivity contribution in [1.29, 1.82) is 0 Å². The monoisotopic (exact) mass is 301 g/mol. The van der Waals surface area contributed by atoms with Crippen LogP contribution in [0.15, 0.2) is 29.6 Å². The van der Waals surface area contributed by atoms with Crippen molar-refractivity contribution in [3.8, 4) is 0 Å². The number of nitrogens with one attached hydrogen (secondary N) is 1. The predicted octanol–water partition coefficient (Wildman–Crippen LogP) is 5.39. The van der Waals surface area contributed by atoms with E-state index in [1.807, 2.05) is 11.3 Å². The van der Waals surface area contributed by atoms with Crippen LogP contribution in [-0.2, 0) is 6.42 Å². The van der Waals surface area contributed by atoms with Crippen LogP contribution in [0.1, 0.15) is 51.0 Å². The first kappa shape index (κ1) is 15.1. The maximum atomic E-state index is 3.83. The molecule has 1 aliphatic rings. The molecule has 1 saturated carbocycles. The molecule has 0 bridgehead atoms. The number of hydrogen-bond donors (Lipinski definition) is 1. The first-order valence-electron chi connectivity index (χ1n) is 8.57. The molecule has 1 nitrogen and oxygen atoms in total. The van der Waals surface area contributed by atoms with Crippen molar-refractivity contribution in [3.05, 3.63) is 35.2 Å². The van der Waals surface area contributed by atoms with Gasteiger partial charge in [0.25, 0.3) is 0 Å². The molecule has 0 aliphatic heterocycles. The molecular weight excluding hydrogens is 274 g/mol. The third-order valence-corrected chi connectivity index (χ3v) is 5.87. The standard InChI is InChI=1S/C19H27NS/c1-2-12-20-18-10-5-3-4-8-15(18)13-16-14-21-19-11-7-6-9-17(16)19/h6-7,9,11,14-15,18,20H,2-5,8,10,12-13H2,1H3. The van der Waals surface area contributed by atoms with Crippen molar-refractivity contribution in [2.45, 2.75) is 57.9 Å². The summed E-state index contributed by atoms with van der Waals surface area (Å²) in [7, 11) is 0. The molecule has 1 fully saturated rings. The SMILES string of the molecule is CCCNC1CCCCCC1Cc1csc2ccccc12. The van der Waals surface area contributed by atoms with Crippen molar-refractivity contribution in [2.75, 3.05) is 6.54 Å². The third-order valence-electron chi connectivity index (χ3n) is 4.86. The van der Waals surface area contributed by atoms with E-state index in [-0.39, 0.29) is 0 Å². The molecule has 114 valence electrons. The van der Waals surface area contributed by atoms with Gasteiger partial charge in [-0.15, -0.1) is 11.3 Å². The summed E-state index contributed by atoms with van der Waals surface area (Å²) in [6.07, 6.45) is 9.50. The van der Waals surface area contributed by atoms with Gasteiger partial charge in [0.2, 0.25) is 0 Å². The van der Waals surface area contributed by atoms with Crippen molar-refractivity contribution in [2.24, 2.45) is 5.92 Å². The maximum absolute atomic E-state index is 3.83. The summed E-state index contributed by atoms with van der Waals surface area (Å²) < 4.78 is 1.44. The van der Waals surface area contributed by atoms with Gasteiger partial charge in [-0.3, -0.25) is 0 Å². The lowest BCUT2D eigenvalue weighted by Crippen LogP contribution is -2.37. The summed E-state index contributed by atoms with van der Waals surface area (Å²) in [6.45, 7) is 3.44. The van der Waals surface area contributed by atoms with E-state index >= 15 is 0 Å². The Hall–Kier alpha value is -0.860. The Bertz CT molecular complexity index is 559. The molecule has 1 aromatic carbocycles. The van der Waals surface area contributed by atoms with Crippen LogP contribution >= 0.6 is 11.3 Å². The molecule has 2 heteroatoms. The van der Waals surface area contributed by atoms with Crippen LogP contribution < -0.4 is 5.32 Å². The second kappa shape index (κ2) is 7.42. The van der Waals surface area contributed by atoms with E-state index in [2.05, 4.69) is 41.9 Å². The Labute approximate surface area is 132 Å². The van der Waals surface area contributed by atoms with Crippen LogP contribution in [0.5, 0.6) is 0 Å². The zero-order valence-corrected chi connectivity index (χ0v) is 13.9. The molecule has 0 amide bonds. The van der Waals surface area contributed by atoms with Gasteiger partial charge in [-0.1, -0.05) is 44.4 Å². The van der Waals surface area contributed by atoms with Crippen molar-refractivity contribution >= 4 is 21.4 Å². The molecule has 2 aromatic rings. The number of hydrogen-bond acceptors (Lipinski definition) is 2. The normalized spacial score (nSPS) is 23.3. The molecule has 0 radical (unpaired) electrons. The van der Waals surface area contributed by atoms with E-state index in [0.717, 1.165) is 12.0 Å². The van der Waals surface area contributed by atoms with Crippen molar-refractivity contribution < 1.29 is 0 Å². The minimum absolute atomic E-state index is 0.728. The average molecular weight is 301 g/mol. The highest BCUT2D eigenvalue weighted by Gasteiger charge is 2.24. The fourth-order valence-electron chi connectivity index (χ4n) is 3.70. The van der Waals surface area contributed by atoms with Crippen molar-refractivity contribution in [3.63, 3.8) is 0 Å². The van der Waals surface area contributed by atoms with E-state index in [4.69, 9.17) is 0 Å². The summed E-state index contributed by atoms with van der Waals surface area (Å²) in [4.78, 5) is 0. The predicted molar refractivity (Wildman–Crippen MR) is 94.2 cm³/mol. The van der Waals surface area contributed by atoms with Crippen LogP contribution in [0.3, 0.4) is 0 Å². The van der Waals surface area contributed by atoms with Gasteiger partial charge in [-0.05, 0) is 60.5 Å². The second-order valence-corrected chi connectivity index (χ2v) is 7.33. The van der Waals surface area contributed by atoms with E-state index in [1.54, 1.807) is 5.56 Å². The third kappa shape index (κ3) is 3.67. The lowest BCUT2D eigenvalue weighted by Gasteiger charge is -2.26. The van der Waals surface area contributed by atoms with Gasteiger partial charge in [-0.25, -0.2) is 0 Å². The molecule has 1 N–H and O–H groups in total. The Morgan fingerprint density at radius 3 is 2.90 bits per heavy atom. The first-order valence-corrected chi connectivity index (χ1v) is 9.45. The smallest absolute Gasteiger partial charge is 0.0345 e. The van der Waals surface area contributed by atoms with Gasteiger partial charge >= 0.3 is 0 Å². The minimum Gasteiger partial charge on any atom is -0.314 e. The van der Waals surface area contributed by atoms with Gasteiger partial charge < -0.3 is 5.32 Å². The van der Waals surface area contributed by atoms with E-state index in [9.17, 15) is 0 Å².